The number of aliphatic carboxylic acids is 1. The lowest BCUT2D eigenvalue weighted by Crippen LogP contribution is -2.10. The number of hydrogen-bond acceptors (Lipinski definition) is 4. The zero-order valence-corrected chi connectivity index (χ0v) is 9.21. The van der Waals surface area contributed by atoms with Crippen molar-refractivity contribution in [3.05, 3.63) is 36.4 Å². The number of benzene rings is 1. The maximum absolute atomic E-state index is 10.5. The van der Waals surface area contributed by atoms with E-state index >= 15 is 0 Å². The Morgan fingerprint density at radius 2 is 2.06 bits per heavy atom. The molecule has 0 unspecified atom stereocenters. The lowest BCUT2D eigenvalue weighted by atomic mass is 10.2. The summed E-state index contributed by atoms with van der Waals surface area (Å²) in [5.41, 5.74) is 3.43. The summed E-state index contributed by atoms with van der Waals surface area (Å²) in [6.45, 7) is 1.41. The van der Waals surface area contributed by atoms with Crippen molar-refractivity contribution in [3.63, 3.8) is 0 Å². The number of nitrogens with one attached hydrogen (secondary N) is 1. The minimum atomic E-state index is -1.06. The van der Waals surface area contributed by atoms with Gasteiger partial charge in [-0.15, -0.1) is 0 Å². The van der Waals surface area contributed by atoms with Crippen LogP contribution >= 0.6 is 0 Å². The van der Waals surface area contributed by atoms with Crippen molar-refractivity contribution >= 4 is 28.4 Å². The van der Waals surface area contributed by atoms with E-state index in [1.165, 1.54) is 6.92 Å². The molecule has 0 saturated heterocycles. The molecule has 0 aliphatic rings. The lowest BCUT2D eigenvalue weighted by Gasteiger charge is -2.02. The SMILES string of the molecule is CC(=NNc1ccc2ccccc2n1)C(=O)O. The zero-order chi connectivity index (χ0) is 12.3. The molecular formula is C12H11N3O2. The first-order valence-electron chi connectivity index (χ1n) is 5.06. The molecule has 0 fully saturated rings. The highest BCUT2D eigenvalue weighted by molar-refractivity contribution is 6.34. The zero-order valence-electron chi connectivity index (χ0n) is 9.21. The first-order chi connectivity index (χ1) is 8.16. The number of pyridine rings is 1. The van der Waals surface area contributed by atoms with E-state index in [0.717, 1.165) is 10.9 Å². The van der Waals surface area contributed by atoms with Crippen LogP contribution in [0.3, 0.4) is 0 Å². The smallest absolute Gasteiger partial charge is 0.351 e. The molecule has 0 atom stereocenters. The van der Waals surface area contributed by atoms with Crippen LogP contribution in [0.1, 0.15) is 6.92 Å². The van der Waals surface area contributed by atoms with E-state index in [9.17, 15) is 4.79 Å². The van der Waals surface area contributed by atoms with E-state index in [1.807, 2.05) is 30.3 Å². The number of nitrogens with zero attached hydrogens (tertiary/aromatic N) is 2. The standard InChI is InChI=1S/C12H11N3O2/c1-8(12(16)17)14-15-11-7-6-9-4-2-3-5-10(9)13-11/h2-7H,1H3,(H,13,15)(H,16,17). The Kier molecular flexibility index (Phi) is 3.00. The first-order valence-corrected chi connectivity index (χ1v) is 5.06. The van der Waals surface area contributed by atoms with Gasteiger partial charge in [-0.05, 0) is 25.1 Å². The summed E-state index contributed by atoms with van der Waals surface area (Å²) in [6.07, 6.45) is 0. The lowest BCUT2D eigenvalue weighted by molar-refractivity contribution is -0.129. The third kappa shape index (κ3) is 2.57. The molecule has 2 N–H and O–H groups in total. The number of hydrogen-bond donors (Lipinski definition) is 2. The molecule has 0 aliphatic heterocycles. The van der Waals surface area contributed by atoms with Crippen LogP contribution < -0.4 is 5.43 Å². The Balaban J connectivity index is 2.25. The molecule has 0 aliphatic carbocycles. The van der Waals surface area contributed by atoms with E-state index < -0.39 is 5.97 Å². The molecule has 5 heteroatoms. The number of fused-ring (bicyclic) bond motifs is 1. The molecule has 17 heavy (non-hydrogen) atoms. The molecule has 2 aromatic rings. The Morgan fingerprint density at radius 1 is 1.29 bits per heavy atom. The van der Waals surface area contributed by atoms with Crippen LogP contribution in [0.4, 0.5) is 5.82 Å². The van der Waals surface area contributed by atoms with Gasteiger partial charge in [-0.2, -0.15) is 5.10 Å². The van der Waals surface area contributed by atoms with Crippen LogP contribution in [-0.2, 0) is 4.79 Å². The molecule has 1 heterocycles. The number of rotatable bonds is 3. The number of aromatic nitrogens is 1. The van der Waals surface area contributed by atoms with Gasteiger partial charge >= 0.3 is 5.97 Å². The molecule has 86 valence electrons. The van der Waals surface area contributed by atoms with Crippen molar-refractivity contribution in [1.82, 2.24) is 4.98 Å². The molecule has 0 bridgehead atoms. The summed E-state index contributed by atoms with van der Waals surface area (Å²) < 4.78 is 0. The highest BCUT2D eigenvalue weighted by atomic mass is 16.4. The van der Waals surface area contributed by atoms with Gasteiger partial charge in [0.05, 0.1) is 5.52 Å². The minimum Gasteiger partial charge on any atom is -0.477 e. The van der Waals surface area contributed by atoms with E-state index in [-0.39, 0.29) is 5.71 Å². The van der Waals surface area contributed by atoms with Gasteiger partial charge in [0.25, 0.3) is 0 Å². The van der Waals surface area contributed by atoms with Crippen LogP contribution in [-0.4, -0.2) is 21.8 Å². The Morgan fingerprint density at radius 3 is 2.82 bits per heavy atom. The van der Waals surface area contributed by atoms with Gasteiger partial charge in [0, 0.05) is 5.39 Å². The van der Waals surface area contributed by atoms with Crippen LogP contribution in [0, 0.1) is 0 Å². The molecule has 0 saturated carbocycles. The third-order valence-electron chi connectivity index (χ3n) is 2.25. The Hall–Kier alpha value is -2.43. The average Bonchev–Trinajstić information content (AvgIpc) is 2.35. The topological polar surface area (TPSA) is 74.6 Å². The van der Waals surface area contributed by atoms with Crippen molar-refractivity contribution in [2.24, 2.45) is 5.10 Å². The van der Waals surface area contributed by atoms with Gasteiger partial charge < -0.3 is 5.11 Å². The molecule has 0 radical (unpaired) electrons. The number of carboxylic acids is 1. The number of hydrazone groups is 1. The highest BCUT2D eigenvalue weighted by Crippen LogP contribution is 2.14. The molecule has 2 rings (SSSR count). The van der Waals surface area contributed by atoms with Crippen molar-refractivity contribution in [2.75, 3.05) is 5.43 Å². The number of carboxylic acid groups (broad SMARTS) is 1. The normalized spacial score (nSPS) is 11.5. The molecule has 5 nitrogen and oxygen atoms in total. The molecule has 0 spiro atoms. The summed E-state index contributed by atoms with van der Waals surface area (Å²) in [7, 11) is 0. The van der Waals surface area contributed by atoms with Crippen LogP contribution in [0.25, 0.3) is 10.9 Å². The summed E-state index contributed by atoms with van der Waals surface area (Å²) in [4.78, 5) is 14.8. The van der Waals surface area contributed by atoms with Gasteiger partial charge in [-0.3, -0.25) is 5.43 Å². The fourth-order valence-electron chi connectivity index (χ4n) is 1.32. The van der Waals surface area contributed by atoms with Crippen LogP contribution in [0.2, 0.25) is 0 Å². The second kappa shape index (κ2) is 4.61. The molecule has 1 aromatic carbocycles. The van der Waals surface area contributed by atoms with Gasteiger partial charge in [-0.25, -0.2) is 9.78 Å². The first kappa shape index (κ1) is 11.1. The fraction of sp³-hybridized carbons (Fsp3) is 0.0833. The quantitative estimate of drug-likeness (QED) is 0.624. The minimum absolute atomic E-state index is 0.0139. The van der Waals surface area contributed by atoms with Crippen LogP contribution in [0.15, 0.2) is 41.5 Å². The van der Waals surface area contributed by atoms with Crippen molar-refractivity contribution in [1.29, 1.82) is 0 Å². The monoisotopic (exact) mass is 229 g/mol. The maximum atomic E-state index is 10.5. The second-order valence-electron chi connectivity index (χ2n) is 3.50. The number of anilines is 1. The third-order valence-corrected chi connectivity index (χ3v) is 2.25. The maximum Gasteiger partial charge on any atom is 0.351 e. The van der Waals surface area contributed by atoms with Crippen molar-refractivity contribution in [3.8, 4) is 0 Å². The molecule has 1 aromatic heterocycles. The van der Waals surface area contributed by atoms with Crippen molar-refractivity contribution in [2.45, 2.75) is 6.92 Å². The Bertz CT molecular complexity index is 593. The summed E-state index contributed by atoms with van der Waals surface area (Å²) in [5.74, 6) is -0.539. The van der Waals surface area contributed by atoms with E-state index in [1.54, 1.807) is 6.07 Å². The van der Waals surface area contributed by atoms with E-state index in [2.05, 4.69) is 15.5 Å². The highest BCUT2D eigenvalue weighted by Gasteiger charge is 2.01. The Labute approximate surface area is 97.8 Å². The summed E-state index contributed by atoms with van der Waals surface area (Å²) >= 11 is 0. The van der Waals surface area contributed by atoms with E-state index in [0.29, 0.717) is 5.82 Å². The van der Waals surface area contributed by atoms with Crippen molar-refractivity contribution < 1.29 is 9.90 Å². The predicted octanol–water partition coefficient (Wildman–Crippen LogP) is 2.11. The van der Waals surface area contributed by atoms with Gasteiger partial charge in [0.15, 0.2) is 0 Å². The van der Waals surface area contributed by atoms with Gasteiger partial charge in [-0.1, -0.05) is 18.2 Å². The van der Waals surface area contributed by atoms with Crippen LogP contribution in [0.5, 0.6) is 0 Å². The average molecular weight is 229 g/mol. The number of para-hydroxylation sites is 1. The molecular weight excluding hydrogens is 218 g/mol. The van der Waals surface area contributed by atoms with Gasteiger partial charge in [0.1, 0.15) is 11.5 Å². The largest absolute Gasteiger partial charge is 0.477 e. The summed E-state index contributed by atoms with van der Waals surface area (Å²) in [6, 6.07) is 11.3. The van der Waals surface area contributed by atoms with Gasteiger partial charge in [0.2, 0.25) is 0 Å². The summed E-state index contributed by atoms with van der Waals surface area (Å²) in [5, 5.41) is 13.4. The predicted molar refractivity (Wildman–Crippen MR) is 66.1 cm³/mol. The van der Waals surface area contributed by atoms with E-state index in [4.69, 9.17) is 5.11 Å². The molecule has 0 amide bonds. The second-order valence-corrected chi connectivity index (χ2v) is 3.50. The fourth-order valence-corrected chi connectivity index (χ4v) is 1.32. The number of carbonyl (C=O) groups is 1.